The Bertz CT molecular complexity index is 308. The van der Waals surface area contributed by atoms with Crippen LogP contribution in [0.5, 0.6) is 0 Å². The molecule has 1 rings (SSSR count). The fourth-order valence-corrected chi connectivity index (χ4v) is 1.40. The van der Waals surface area contributed by atoms with Gasteiger partial charge >= 0.3 is 0 Å². The van der Waals surface area contributed by atoms with Gasteiger partial charge in [0.1, 0.15) is 11.6 Å². The van der Waals surface area contributed by atoms with Gasteiger partial charge in [-0.15, -0.1) is 0 Å². The van der Waals surface area contributed by atoms with Crippen molar-refractivity contribution in [2.75, 3.05) is 0 Å². The van der Waals surface area contributed by atoms with Gasteiger partial charge in [0.05, 0.1) is 0 Å². The zero-order chi connectivity index (χ0) is 11.3. The summed E-state index contributed by atoms with van der Waals surface area (Å²) >= 11 is 0. The normalized spacial score (nSPS) is 17.1. The van der Waals surface area contributed by atoms with Gasteiger partial charge in [-0.25, -0.2) is 4.39 Å². The monoisotopic (exact) mass is 208 g/mol. The average molecular weight is 208 g/mol. The van der Waals surface area contributed by atoms with Gasteiger partial charge in [-0.1, -0.05) is 24.3 Å². The van der Waals surface area contributed by atoms with Crippen LogP contribution in [0, 0.1) is 5.92 Å². The summed E-state index contributed by atoms with van der Waals surface area (Å²) in [5.74, 6) is 0.216. The number of allylic oxidation sites excluding steroid dienone is 5. The third-order valence-corrected chi connectivity index (χ3v) is 2.54. The van der Waals surface area contributed by atoms with Crippen molar-refractivity contribution in [2.45, 2.75) is 32.6 Å². The van der Waals surface area contributed by atoms with E-state index in [1.807, 2.05) is 13.0 Å². The largest absolute Gasteiger partial charge is 0.299 e. The van der Waals surface area contributed by atoms with Gasteiger partial charge < -0.3 is 0 Å². The highest BCUT2D eigenvalue weighted by molar-refractivity contribution is 5.83. The SMILES string of the molecule is C=C(F)/C=C\C(=C/C)CCC(=O)C1CC1. The highest BCUT2D eigenvalue weighted by atomic mass is 19.1. The van der Waals surface area contributed by atoms with E-state index in [2.05, 4.69) is 6.58 Å². The molecular weight excluding hydrogens is 191 g/mol. The molecule has 0 atom stereocenters. The summed E-state index contributed by atoms with van der Waals surface area (Å²) in [6.07, 6.45) is 8.31. The second-order valence-electron chi connectivity index (χ2n) is 3.88. The van der Waals surface area contributed by atoms with Crippen LogP contribution in [0.3, 0.4) is 0 Å². The van der Waals surface area contributed by atoms with Crippen molar-refractivity contribution < 1.29 is 9.18 Å². The van der Waals surface area contributed by atoms with E-state index < -0.39 is 5.83 Å². The van der Waals surface area contributed by atoms with Crippen LogP contribution < -0.4 is 0 Å². The van der Waals surface area contributed by atoms with E-state index in [9.17, 15) is 9.18 Å². The van der Waals surface area contributed by atoms with Crippen molar-refractivity contribution in [3.63, 3.8) is 0 Å². The molecule has 0 aromatic carbocycles. The minimum absolute atomic E-state index is 0.322. The molecule has 0 unspecified atom stereocenters. The Labute approximate surface area is 90.4 Å². The Kier molecular flexibility index (Phi) is 4.47. The van der Waals surface area contributed by atoms with Crippen LogP contribution in [0.1, 0.15) is 32.6 Å². The van der Waals surface area contributed by atoms with Crippen LogP contribution in [0.4, 0.5) is 4.39 Å². The minimum atomic E-state index is -0.456. The molecule has 0 saturated heterocycles. The summed E-state index contributed by atoms with van der Waals surface area (Å²) in [5, 5.41) is 0. The van der Waals surface area contributed by atoms with Crippen molar-refractivity contribution in [1.82, 2.24) is 0 Å². The van der Waals surface area contributed by atoms with Crippen LogP contribution in [0.25, 0.3) is 0 Å². The number of hydrogen-bond acceptors (Lipinski definition) is 1. The summed E-state index contributed by atoms with van der Waals surface area (Å²) in [7, 11) is 0. The Hall–Kier alpha value is -1.18. The maximum atomic E-state index is 12.4. The number of carbonyl (C=O) groups excluding carboxylic acids is 1. The van der Waals surface area contributed by atoms with E-state index in [0.717, 1.165) is 18.4 Å². The standard InChI is InChI=1S/C13H17FO/c1-3-11(5-4-10(2)14)6-9-13(15)12-7-8-12/h3-5,12H,2,6-9H2,1H3/b5-4-,11-3+. The number of carbonyl (C=O) groups is 1. The molecule has 82 valence electrons. The molecule has 0 aromatic rings. The Balaban J connectivity index is 2.33. The van der Waals surface area contributed by atoms with E-state index in [-0.39, 0.29) is 0 Å². The molecule has 1 saturated carbocycles. The molecule has 0 aliphatic heterocycles. The van der Waals surface area contributed by atoms with Crippen molar-refractivity contribution in [3.8, 4) is 0 Å². The predicted molar refractivity (Wildman–Crippen MR) is 60.1 cm³/mol. The first-order chi connectivity index (χ1) is 7.13. The zero-order valence-corrected chi connectivity index (χ0v) is 9.13. The first-order valence-corrected chi connectivity index (χ1v) is 5.34. The molecule has 0 amide bonds. The van der Waals surface area contributed by atoms with E-state index in [4.69, 9.17) is 0 Å². The molecule has 2 heteroatoms. The second kappa shape index (κ2) is 5.64. The third kappa shape index (κ3) is 4.73. The van der Waals surface area contributed by atoms with Gasteiger partial charge in [0.15, 0.2) is 0 Å². The molecule has 0 bridgehead atoms. The lowest BCUT2D eigenvalue weighted by Gasteiger charge is -2.00. The first kappa shape index (κ1) is 11.9. The van der Waals surface area contributed by atoms with Gasteiger partial charge in [-0.2, -0.15) is 0 Å². The number of rotatable bonds is 6. The molecule has 1 fully saturated rings. The summed E-state index contributed by atoms with van der Waals surface area (Å²) < 4.78 is 12.4. The topological polar surface area (TPSA) is 17.1 Å². The Morgan fingerprint density at radius 1 is 1.40 bits per heavy atom. The molecule has 0 heterocycles. The Morgan fingerprint density at radius 2 is 2.07 bits per heavy atom. The molecule has 0 N–H and O–H groups in total. The van der Waals surface area contributed by atoms with Gasteiger partial charge in [-0.05, 0) is 32.3 Å². The highest BCUT2D eigenvalue weighted by Crippen LogP contribution is 2.31. The van der Waals surface area contributed by atoms with Crippen molar-refractivity contribution in [3.05, 3.63) is 36.2 Å². The molecule has 1 aliphatic rings. The number of halogens is 1. The van der Waals surface area contributed by atoms with E-state index in [1.165, 1.54) is 6.08 Å². The molecule has 0 spiro atoms. The fraction of sp³-hybridized carbons (Fsp3) is 0.462. The summed E-state index contributed by atoms with van der Waals surface area (Å²) in [5.41, 5.74) is 0.989. The smallest absolute Gasteiger partial charge is 0.136 e. The van der Waals surface area contributed by atoms with Crippen LogP contribution in [-0.2, 0) is 4.79 Å². The molecule has 1 nitrogen and oxygen atoms in total. The maximum absolute atomic E-state index is 12.4. The van der Waals surface area contributed by atoms with Crippen molar-refractivity contribution >= 4 is 5.78 Å². The number of hydrogen-bond donors (Lipinski definition) is 0. The zero-order valence-electron chi connectivity index (χ0n) is 9.13. The third-order valence-electron chi connectivity index (χ3n) is 2.54. The van der Waals surface area contributed by atoms with Crippen molar-refractivity contribution in [1.29, 1.82) is 0 Å². The summed E-state index contributed by atoms with van der Waals surface area (Å²) in [6, 6.07) is 0. The summed E-state index contributed by atoms with van der Waals surface area (Å²) in [6.45, 7) is 5.04. The van der Waals surface area contributed by atoms with Crippen LogP contribution in [-0.4, -0.2) is 5.78 Å². The van der Waals surface area contributed by atoms with E-state index >= 15 is 0 Å². The molecule has 15 heavy (non-hydrogen) atoms. The molecule has 0 aromatic heterocycles. The van der Waals surface area contributed by atoms with Crippen LogP contribution in [0.15, 0.2) is 36.2 Å². The minimum Gasteiger partial charge on any atom is -0.299 e. The number of ketones is 1. The van der Waals surface area contributed by atoms with Gasteiger partial charge in [-0.3, -0.25) is 4.79 Å². The van der Waals surface area contributed by atoms with E-state index in [1.54, 1.807) is 6.08 Å². The maximum Gasteiger partial charge on any atom is 0.136 e. The lowest BCUT2D eigenvalue weighted by molar-refractivity contribution is -0.120. The Morgan fingerprint density at radius 3 is 2.53 bits per heavy atom. The molecule has 0 radical (unpaired) electrons. The van der Waals surface area contributed by atoms with Crippen LogP contribution >= 0.6 is 0 Å². The van der Waals surface area contributed by atoms with Gasteiger partial charge in [0.2, 0.25) is 0 Å². The summed E-state index contributed by atoms with van der Waals surface area (Å²) in [4.78, 5) is 11.4. The number of Topliss-reactive ketones (excluding diaryl/α,β-unsaturated/α-hetero) is 1. The predicted octanol–water partition coefficient (Wildman–Crippen LogP) is 3.73. The quantitative estimate of drug-likeness (QED) is 0.608. The highest BCUT2D eigenvalue weighted by Gasteiger charge is 2.28. The van der Waals surface area contributed by atoms with Crippen LogP contribution in [0.2, 0.25) is 0 Å². The first-order valence-electron chi connectivity index (χ1n) is 5.34. The lowest BCUT2D eigenvalue weighted by atomic mass is 10.1. The van der Waals surface area contributed by atoms with Gasteiger partial charge in [0, 0.05) is 12.3 Å². The van der Waals surface area contributed by atoms with E-state index in [0.29, 0.717) is 24.5 Å². The molecular formula is C13H17FO. The second-order valence-corrected chi connectivity index (χ2v) is 3.88. The lowest BCUT2D eigenvalue weighted by Crippen LogP contribution is -1.99. The average Bonchev–Trinajstić information content (AvgIpc) is 3.00. The fourth-order valence-electron chi connectivity index (χ4n) is 1.40. The molecule has 1 aliphatic carbocycles. The van der Waals surface area contributed by atoms with Crippen molar-refractivity contribution in [2.24, 2.45) is 5.92 Å². The van der Waals surface area contributed by atoms with Gasteiger partial charge in [0.25, 0.3) is 0 Å².